The van der Waals surface area contributed by atoms with Crippen LogP contribution in [-0.2, 0) is 0 Å². The smallest absolute Gasteiger partial charge is 0.101 e. The first kappa shape index (κ1) is 23.8. The van der Waals surface area contributed by atoms with E-state index in [9.17, 15) is 10.5 Å². The van der Waals surface area contributed by atoms with Gasteiger partial charge in [-0.3, -0.25) is 0 Å². The summed E-state index contributed by atoms with van der Waals surface area (Å²) >= 11 is 0. The van der Waals surface area contributed by atoms with Gasteiger partial charge in [0, 0.05) is 32.7 Å². The third-order valence-corrected chi connectivity index (χ3v) is 8.21. The predicted octanol–water partition coefficient (Wildman–Crippen LogP) is 9.29. The molecule has 0 aliphatic rings. The highest BCUT2D eigenvalue weighted by Gasteiger charge is 2.21. The van der Waals surface area contributed by atoms with Crippen LogP contribution in [0.15, 0.2) is 133 Å². The second-order valence-corrected chi connectivity index (χ2v) is 10.4. The number of hydrogen-bond acceptors (Lipinski definition) is 2. The number of nitriles is 2. The monoisotopic (exact) mass is 534 g/mol. The Balaban J connectivity index is 1.43. The molecule has 0 atom stereocenters. The molecule has 0 fully saturated rings. The molecule has 2 aromatic heterocycles. The van der Waals surface area contributed by atoms with Crippen molar-refractivity contribution in [1.29, 1.82) is 10.5 Å². The molecule has 0 saturated carbocycles. The average Bonchev–Trinajstić information content (AvgIpc) is 3.57. The minimum absolute atomic E-state index is 0.507. The van der Waals surface area contributed by atoms with E-state index in [1.54, 1.807) is 0 Å². The van der Waals surface area contributed by atoms with E-state index in [1.807, 2.05) is 54.6 Å². The summed E-state index contributed by atoms with van der Waals surface area (Å²) in [4.78, 5) is 0. The summed E-state index contributed by atoms with van der Waals surface area (Å²) in [6, 6.07) is 49.9. The Hall–Kier alpha value is -6.10. The maximum absolute atomic E-state index is 10.5. The molecule has 0 amide bonds. The molecule has 4 heteroatoms. The van der Waals surface area contributed by atoms with Crippen molar-refractivity contribution < 1.29 is 0 Å². The Morgan fingerprint density at radius 1 is 0.381 bits per heavy atom. The van der Waals surface area contributed by atoms with Crippen LogP contribution in [0.25, 0.3) is 66.1 Å². The lowest BCUT2D eigenvalue weighted by molar-refractivity contribution is 1.16. The molecule has 8 aromatic rings. The third kappa shape index (κ3) is 3.33. The Morgan fingerprint density at radius 2 is 0.786 bits per heavy atom. The first-order valence-corrected chi connectivity index (χ1v) is 13.8. The fourth-order valence-electron chi connectivity index (χ4n) is 6.44. The number of rotatable bonds is 3. The van der Waals surface area contributed by atoms with Crippen molar-refractivity contribution in [3.05, 3.63) is 145 Å². The number of para-hydroxylation sites is 5. The van der Waals surface area contributed by atoms with Crippen molar-refractivity contribution in [2.45, 2.75) is 0 Å². The van der Waals surface area contributed by atoms with E-state index in [-0.39, 0.29) is 0 Å². The van der Waals surface area contributed by atoms with E-state index in [0.29, 0.717) is 16.8 Å². The zero-order chi connectivity index (χ0) is 28.2. The maximum atomic E-state index is 10.5. The van der Waals surface area contributed by atoms with Gasteiger partial charge in [0.05, 0.1) is 50.6 Å². The summed E-state index contributed by atoms with van der Waals surface area (Å²) in [5, 5.41) is 25.5. The van der Waals surface area contributed by atoms with E-state index in [0.717, 1.165) is 49.7 Å². The molecule has 0 spiro atoms. The summed E-state index contributed by atoms with van der Waals surface area (Å²) in [6.07, 6.45) is 0. The molecule has 0 aliphatic heterocycles. The largest absolute Gasteiger partial charge is 0.309 e. The fraction of sp³-hybridized carbons (Fsp3) is 0. The Kier molecular flexibility index (Phi) is 5.22. The van der Waals surface area contributed by atoms with Crippen LogP contribution in [0.4, 0.5) is 0 Å². The van der Waals surface area contributed by atoms with Crippen LogP contribution in [0.2, 0.25) is 0 Å². The zero-order valence-corrected chi connectivity index (χ0v) is 22.5. The molecule has 42 heavy (non-hydrogen) atoms. The second-order valence-electron chi connectivity index (χ2n) is 10.4. The summed E-state index contributed by atoms with van der Waals surface area (Å²) in [7, 11) is 0. The number of aromatic nitrogens is 2. The van der Waals surface area contributed by atoms with Gasteiger partial charge in [-0.25, -0.2) is 0 Å². The quantitative estimate of drug-likeness (QED) is 0.227. The van der Waals surface area contributed by atoms with Crippen LogP contribution in [0.1, 0.15) is 11.1 Å². The average molecular weight is 535 g/mol. The molecule has 2 heterocycles. The van der Waals surface area contributed by atoms with Crippen molar-refractivity contribution >= 4 is 43.6 Å². The summed E-state index contributed by atoms with van der Waals surface area (Å²) in [6.45, 7) is 0. The lowest BCUT2D eigenvalue weighted by Gasteiger charge is -2.17. The molecule has 8 rings (SSSR count). The summed E-state index contributed by atoms with van der Waals surface area (Å²) < 4.78 is 4.36. The molecular weight excluding hydrogens is 512 g/mol. The Morgan fingerprint density at radius 3 is 1.26 bits per heavy atom. The third-order valence-electron chi connectivity index (χ3n) is 8.21. The van der Waals surface area contributed by atoms with Gasteiger partial charge in [0.25, 0.3) is 0 Å². The zero-order valence-electron chi connectivity index (χ0n) is 22.5. The minimum atomic E-state index is 0.507. The van der Waals surface area contributed by atoms with Gasteiger partial charge in [-0.05, 0) is 42.5 Å². The summed E-state index contributed by atoms with van der Waals surface area (Å²) in [5.74, 6) is 0. The van der Waals surface area contributed by atoms with E-state index in [1.165, 1.54) is 10.8 Å². The molecule has 4 nitrogen and oxygen atoms in total. The first-order chi connectivity index (χ1) is 20.8. The highest BCUT2D eigenvalue weighted by Crippen LogP contribution is 2.39. The number of hydrogen-bond donors (Lipinski definition) is 0. The molecule has 0 N–H and O–H groups in total. The van der Waals surface area contributed by atoms with Crippen molar-refractivity contribution in [3.8, 4) is 34.6 Å². The normalized spacial score (nSPS) is 11.3. The van der Waals surface area contributed by atoms with Gasteiger partial charge < -0.3 is 9.13 Å². The molecule has 0 aliphatic carbocycles. The van der Waals surface area contributed by atoms with Crippen molar-refractivity contribution in [3.63, 3.8) is 0 Å². The highest BCUT2D eigenvalue weighted by atomic mass is 15.0. The first-order valence-electron chi connectivity index (χ1n) is 13.8. The van der Waals surface area contributed by atoms with Gasteiger partial charge in [0.2, 0.25) is 0 Å². The van der Waals surface area contributed by atoms with Crippen LogP contribution in [0, 0.1) is 22.7 Å². The standard InChI is InChI=1S/C38H22N4/c39-23-25-22-38(42-35-18-8-3-13-29(35)30-14-4-9-19-36(30)42)26(24-40)21-32(25)31-15-5-10-20-37(31)41-33-16-6-1-11-27(33)28-12-2-7-17-34(28)41/h1-22H. The van der Waals surface area contributed by atoms with Gasteiger partial charge in [-0.2, -0.15) is 10.5 Å². The molecule has 194 valence electrons. The molecule has 0 radical (unpaired) electrons. The topological polar surface area (TPSA) is 57.4 Å². The van der Waals surface area contributed by atoms with Crippen molar-refractivity contribution in [2.75, 3.05) is 0 Å². The van der Waals surface area contributed by atoms with Crippen LogP contribution >= 0.6 is 0 Å². The van der Waals surface area contributed by atoms with Gasteiger partial charge >= 0.3 is 0 Å². The highest BCUT2D eigenvalue weighted by molar-refractivity contribution is 6.10. The van der Waals surface area contributed by atoms with Crippen LogP contribution in [0.5, 0.6) is 0 Å². The lowest BCUT2D eigenvalue weighted by atomic mass is 9.95. The van der Waals surface area contributed by atoms with Gasteiger partial charge in [-0.15, -0.1) is 0 Å². The van der Waals surface area contributed by atoms with E-state index >= 15 is 0 Å². The van der Waals surface area contributed by atoms with E-state index in [4.69, 9.17) is 0 Å². The van der Waals surface area contributed by atoms with Crippen LogP contribution in [0.3, 0.4) is 0 Å². The van der Waals surface area contributed by atoms with Gasteiger partial charge in [-0.1, -0.05) is 91.0 Å². The number of benzene rings is 6. The molecule has 6 aromatic carbocycles. The van der Waals surface area contributed by atoms with Gasteiger partial charge in [0.15, 0.2) is 0 Å². The molecule has 0 saturated heterocycles. The fourth-order valence-corrected chi connectivity index (χ4v) is 6.44. The SMILES string of the molecule is N#Cc1cc(-n2c3ccccc3c3ccccc32)c(C#N)cc1-c1ccccc1-n1c2ccccc2c2ccccc21. The van der Waals surface area contributed by atoms with Gasteiger partial charge in [0.1, 0.15) is 6.07 Å². The Bertz CT molecular complexity index is 2340. The molecule has 0 bridgehead atoms. The summed E-state index contributed by atoms with van der Waals surface area (Å²) in [5.41, 5.74) is 8.48. The molecule has 0 unspecified atom stereocenters. The van der Waals surface area contributed by atoms with Crippen LogP contribution in [-0.4, -0.2) is 9.13 Å². The van der Waals surface area contributed by atoms with E-state index in [2.05, 4.69) is 100 Å². The minimum Gasteiger partial charge on any atom is -0.309 e. The number of fused-ring (bicyclic) bond motifs is 6. The van der Waals surface area contributed by atoms with Crippen molar-refractivity contribution in [1.82, 2.24) is 9.13 Å². The van der Waals surface area contributed by atoms with E-state index < -0.39 is 0 Å². The molecular formula is C38H22N4. The predicted molar refractivity (Wildman–Crippen MR) is 170 cm³/mol. The second kappa shape index (κ2) is 9.24. The van der Waals surface area contributed by atoms with Crippen molar-refractivity contribution in [2.24, 2.45) is 0 Å². The number of nitrogens with zero attached hydrogens (tertiary/aromatic N) is 4. The lowest BCUT2D eigenvalue weighted by Crippen LogP contribution is -2.02. The Labute approximate surface area is 242 Å². The van der Waals surface area contributed by atoms with Crippen LogP contribution < -0.4 is 0 Å². The maximum Gasteiger partial charge on any atom is 0.101 e.